The average molecular weight is 478 g/mol. The number of benzene rings is 2. The molecule has 2 N–H and O–H groups in total. The van der Waals surface area contributed by atoms with E-state index in [1.54, 1.807) is 6.92 Å². The summed E-state index contributed by atoms with van der Waals surface area (Å²) in [5, 5.41) is 13.9. The van der Waals surface area contributed by atoms with E-state index >= 15 is 0 Å². The van der Waals surface area contributed by atoms with E-state index < -0.39 is 23.5 Å². The van der Waals surface area contributed by atoms with E-state index in [1.165, 1.54) is 10.3 Å². The first kappa shape index (κ1) is 22.1. The third-order valence-corrected chi connectivity index (χ3v) is 7.38. The van der Waals surface area contributed by atoms with Crippen LogP contribution in [0.4, 0.5) is 9.93 Å². The van der Waals surface area contributed by atoms with Gasteiger partial charge in [0.15, 0.2) is 5.13 Å². The Kier molecular flexibility index (Phi) is 5.57. The number of carbonyl (C=O) groups is 3. The number of nitrogens with zero attached hydrogens (tertiary/aromatic N) is 2. The van der Waals surface area contributed by atoms with Gasteiger partial charge in [0.2, 0.25) is 0 Å². The van der Waals surface area contributed by atoms with E-state index in [-0.39, 0.29) is 23.4 Å². The number of carbonyl (C=O) groups excluding carboxylic acids is 2. The first-order chi connectivity index (χ1) is 16.4. The molecule has 1 saturated heterocycles. The summed E-state index contributed by atoms with van der Waals surface area (Å²) in [4.78, 5) is 42.5. The minimum absolute atomic E-state index is 0.0598. The lowest BCUT2D eigenvalue weighted by Crippen LogP contribution is -2.50. The van der Waals surface area contributed by atoms with Gasteiger partial charge in [0.1, 0.15) is 17.8 Å². The molecule has 34 heavy (non-hydrogen) atoms. The second kappa shape index (κ2) is 8.57. The van der Waals surface area contributed by atoms with Crippen LogP contribution in [0.1, 0.15) is 47.3 Å². The minimum atomic E-state index is -1.25. The van der Waals surface area contributed by atoms with Crippen molar-refractivity contribution in [1.82, 2.24) is 9.88 Å². The van der Waals surface area contributed by atoms with Gasteiger partial charge in [-0.1, -0.05) is 48.5 Å². The van der Waals surface area contributed by atoms with Crippen LogP contribution in [0.25, 0.3) is 11.1 Å². The van der Waals surface area contributed by atoms with Crippen LogP contribution in [0.15, 0.2) is 53.9 Å². The molecule has 1 aromatic heterocycles. The van der Waals surface area contributed by atoms with Crippen molar-refractivity contribution >= 4 is 34.4 Å². The lowest BCUT2D eigenvalue weighted by molar-refractivity contribution is -0.147. The SMILES string of the molecule is C[C@@]1(C(=O)O)CCCN1C(=O)c1csc(NC(=O)OCC2c3ccccc3-c3ccccc32)n1. The number of aromatic nitrogens is 1. The van der Waals surface area contributed by atoms with Crippen LogP contribution < -0.4 is 5.32 Å². The van der Waals surface area contributed by atoms with Gasteiger partial charge in [-0.25, -0.2) is 14.6 Å². The van der Waals surface area contributed by atoms with Gasteiger partial charge in [0.05, 0.1) is 0 Å². The highest BCUT2D eigenvalue weighted by Crippen LogP contribution is 2.44. The van der Waals surface area contributed by atoms with Gasteiger partial charge in [0.25, 0.3) is 5.91 Å². The molecule has 0 radical (unpaired) electrons. The summed E-state index contributed by atoms with van der Waals surface area (Å²) >= 11 is 1.09. The van der Waals surface area contributed by atoms with Gasteiger partial charge in [-0.2, -0.15) is 0 Å². The Labute approximate surface area is 200 Å². The van der Waals surface area contributed by atoms with Gasteiger partial charge in [0, 0.05) is 17.8 Å². The molecule has 3 aromatic rings. The topological polar surface area (TPSA) is 109 Å². The average Bonchev–Trinajstić information content (AvgIpc) is 3.54. The normalized spacial score (nSPS) is 18.9. The summed E-state index contributed by atoms with van der Waals surface area (Å²) in [5.41, 5.74) is 3.38. The highest BCUT2D eigenvalue weighted by atomic mass is 32.1. The number of ether oxygens (including phenoxy) is 1. The van der Waals surface area contributed by atoms with Crippen molar-refractivity contribution in [1.29, 1.82) is 0 Å². The smallest absolute Gasteiger partial charge is 0.413 e. The number of aliphatic carboxylic acids is 1. The fourth-order valence-corrected chi connectivity index (χ4v) is 5.47. The predicted octanol–water partition coefficient (Wildman–Crippen LogP) is 4.58. The molecule has 1 aliphatic heterocycles. The molecule has 2 heterocycles. The van der Waals surface area contributed by atoms with Crippen LogP contribution in [-0.4, -0.2) is 51.7 Å². The highest BCUT2D eigenvalue weighted by Gasteiger charge is 2.46. The minimum Gasteiger partial charge on any atom is -0.480 e. The fourth-order valence-electron chi connectivity index (χ4n) is 4.80. The maximum absolute atomic E-state index is 12.9. The van der Waals surface area contributed by atoms with E-state index in [4.69, 9.17) is 4.74 Å². The molecule has 2 aromatic carbocycles. The molecule has 1 fully saturated rings. The number of carboxylic acid groups (broad SMARTS) is 1. The van der Waals surface area contributed by atoms with Gasteiger partial charge in [-0.3, -0.25) is 10.1 Å². The Morgan fingerprint density at radius 2 is 1.79 bits per heavy atom. The standard InChI is InChI=1S/C25H23N3O5S/c1-25(22(30)31)11-6-12-28(25)21(29)20-14-34-23(26-20)27-24(32)33-13-19-17-9-4-2-7-15(17)16-8-3-5-10-18(16)19/h2-5,7-10,14,19H,6,11-13H2,1H3,(H,30,31)(H,26,27,32)/t25-/m0/s1. The van der Waals surface area contributed by atoms with Crippen molar-refractivity contribution in [2.24, 2.45) is 0 Å². The molecule has 5 rings (SSSR count). The second-order valence-electron chi connectivity index (χ2n) is 8.63. The molecule has 2 aliphatic rings. The molecule has 0 unspecified atom stereocenters. The third kappa shape index (κ3) is 3.71. The molecule has 9 heteroatoms. The first-order valence-electron chi connectivity index (χ1n) is 11.0. The Hall–Kier alpha value is -3.72. The number of likely N-dealkylation sites (tertiary alicyclic amines) is 1. The summed E-state index contributed by atoms with van der Waals surface area (Å²) in [5.74, 6) is -1.56. The van der Waals surface area contributed by atoms with Crippen molar-refractivity contribution in [2.75, 3.05) is 18.5 Å². The molecule has 0 spiro atoms. The Bertz CT molecular complexity index is 1240. The number of fused-ring (bicyclic) bond motifs is 3. The molecule has 174 valence electrons. The Balaban J connectivity index is 1.24. The lowest BCUT2D eigenvalue weighted by atomic mass is 9.98. The van der Waals surface area contributed by atoms with Gasteiger partial charge < -0.3 is 14.7 Å². The quantitative estimate of drug-likeness (QED) is 0.557. The number of hydrogen-bond acceptors (Lipinski definition) is 6. The van der Waals surface area contributed by atoms with Gasteiger partial charge >= 0.3 is 12.1 Å². The number of hydrogen-bond donors (Lipinski definition) is 2. The molecule has 8 nitrogen and oxygen atoms in total. The molecule has 1 aliphatic carbocycles. The maximum atomic E-state index is 12.9. The summed E-state index contributed by atoms with van der Waals surface area (Å²) in [6.45, 7) is 2.07. The van der Waals surface area contributed by atoms with Crippen LogP contribution in [0, 0.1) is 0 Å². The van der Waals surface area contributed by atoms with Crippen LogP contribution >= 0.6 is 11.3 Å². The van der Waals surface area contributed by atoms with Crippen molar-refractivity contribution in [2.45, 2.75) is 31.2 Å². The van der Waals surface area contributed by atoms with Crippen molar-refractivity contribution < 1.29 is 24.2 Å². The van der Waals surface area contributed by atoms with E-state index in [9.17, 15) is 19.5 Å². The Morgan fingerprint density at radius 3 is 2.44 bits per heavy atom. The fraction of sp³-hybridized carbons (Fsp3) is 0.280. The largest absolute Gasteiger partial charge is 0.480 e. The van der Waals surface area contributed by atoms with E-state index in [0.717, 1.165) is 33.6 Å². The summed E-state index contributed by atoms with van der Waals surface area (Å²) in [6, 6.07) is 16.2. The number of amides is 2. The van der Waals surface area contributed by atoms with Crippen LogP contribution in [-0.2, 0) is 9.53 Å². The van der Waals surface area contributed by atoms with Gasteiger partial charge in [-0.05, 0) is 42.0 Å². The maximum Gasteiger partial charge on any atom is 0.413 e. The molecule has 0 bridgehead atoms. The molecular weight excluding hydrogens is 454 g/mol. The summed E-state index contributed by atoms with van der Waals surface area (Å²) in [6.07, 6.45) is 0.346. The van der Waals surface area contributed by atoms with E-state index in [0.29, 0.717) is 19.4 Å². The van der Waals surface area contributed by atoms with Crippen LogP contribution in [0.5, 0.6) is 0 Å². The second-order valence-corrected chi connectivity index (χ2v) is 9.49. The van der Waals surface area contributed by atoms with Crippen molar-refractivity contribution in [3.63, 3.8) is 0 Å². The van der Waals surface area contributed by atoms with Crippen LogP contribution in [0.3, 0.4) is 0 Å². The Morgan fingerprint density at radius 1 is 1.15 bits per heavy atom. The zero-order valence-corrected chi connectivity index (χ0v) is 19.3. The number of anilines is 1. The summed E-state index contributed by atoms with van der Waals surface area (Å²) < 4.78 is 5.52. The van der Waals surface area contributed by atoms with Gasteiger partial charge in [-0.15, -0.1) is 11.3 Å². The summed E-state index contributed by atoms with van der Waals surface area (Å²) in [7, 11) is 0. The number of carboxylic acids is 1. The number of thiazole rings is 1. The van der Waals surface area contributed by atoms with E-state index in [2.05, 4.69) is 22.4 Å². The van der Waals surface area contributed by atoms with Crippen LogP contribution in [0.2, 0.25) is 0 Å². The third-order valence-electron chi connectivity index (χ3n) is 6.62. The molecular formula is C25H23N3O5S. The van der Waals surface area contributed by atoms with Crippen molar-refractivity contribution in [3.05, 3.63) is 70.7 Å². The molecule has 1 atom stereocenters. The number of nitrogens with one attached hydrogen (secondary N) is 1. The molecule has 0 saturated carbocycles. The lowest BCUT2D eigenvalue weighted by Gasteiger charge is -2.30. The zero-order chi connectivity index (χ0) is 23.9. The first-order valence-corrected chi connectivity index (χ1v) is 11.9. The molecule has 2 amide bonds. The van der Waals surface area contributed by atoms with Crippen molar-refractivity contribution in [3.8, 4) is 11.1 Å². The number of rotatable bonds is 5. The zero-order valence-electron chi connectivity index (χ0n) is 18.5. The van der Waals surface area contributed by atoms with E-state index in [1.807, 2.05) is 36.4 Å². The predicted molar refractivity (Wildman–Crippen MR) is 127 cm³/mol. The monoisotopic (exact) mass is 477 g/mol. The highest BCUT2D eigenvalue weighted by molar-refractivity contribution is 7.14.